The van der Waals surface area contributed by atoms with Crippen molar-refractivity contribution in [2.75, 3.05) is 0 Å². The van der Waals surface area contributed by atoms with Crippen LogP contribution in [0.4, 0.5) is 0 Å². The number of fused-ring (bicyclic) bond motifs is 2. The van der Waals surface area contributed by atoms with Gasteiger partial charge < -0.3 is 4.90 Å². The highest BCUT2D eigenvalue weighted by molar-refractivity contribution is 6.04. The van der Waals surface area contributed by atoms with Crippen molar-refractivity contribution in [2.24, 2.45) is 0 Å². The molecule has 3 aromatic rings. The summed E-state index contributed by atoms with van der Waals surface area (Å²) >= 11 is 0. The number of hydrogen-bond donors (Lipinski definition) is 1. The molecule has 0 saturated heterocycles. The van der Waals surface area contributed by atoms with Crippen LogP contribution >= 0.6 is 0 Å². The van der Waals surface area contributed by atoms with E-state index in [9.17, 15) is 4.79 Å². The standard InChI is InChI=1S/C16H14N4O/c1-10-12-6-3-2-5-11(12)9-20(10)16(21)14-13-7-4-8-17-15(13)19-18-14/h2-8,10H,9H2,1H3,(H,17,18,19). The molecule has 0 spiro atoms. The van der Waals surface area contributed by atoms with Crippen LogP contribution in [-0.4, -0.2) is 26.0 Å². The van der Waals surface area contributed by atoms with Gasteiger partial charge in [0.15, 0.2) is 5.65 Å². The van der Waals surface area contributed by atoms with E-state index in [4.69, 9.17) is 0 Å². The lowest BCUT2D eigenvalue weighted by atomic mass is 10.1. The molecule has 1 aromatic carbocycles. The molecule has 4 rings (SSSR count). The monoisotopic (exact) mass is 278 g/mol. The second-order valence-electron chi connectivity index (χ2n) is 5.28. The Morgan fingerprint density at radius 1 is 1.29 bits per heavy atom. The highest BCUT2D eigenvalue weighted by Gasteiger charge is 2.32. The number of carbonyl (C=O) groups excluding carboxylic acids is 1. The van der Waals surface area contributed by atoms with Crippen molar-refractivity contribution in [3.05, 3.63) is 59.4 Å². The number of pyridine rings is 1. The summed E-state index contributed by atoms with van der Waals surface area (Å²) in [5, 5.41) is 7.70. The third-order valence-corrected chi connectivity index (χ3v) is 4.12. The summed E-state index contributed by atoms with van der Waals surface area (Å²) in [5.74, 6) is -0.0331. The van der Waals surface area contributed by atoms with Crippen LogP contribution in [0.15, 0.2) is 42.6 Å². The maximum atomic E-state index is 12.8. The third kappa shape index (κ3) is 1.74. The van der Waals surface area contributed by atoms with E-state index in [1.807, 2.05) is 29.2 Å². The predicted octanol–water partition coefficient (Wildman–Crippen LogP) is 2.67. The first-order valence-corrected chi connectivity index (χ1v) is 6.93. The zero-order valence-electron chi connectivity index (χ0n) is 11.6. The van der Waals surface area contributed by atoms with E-state index >= 15 is 0 Å². The number of aromatic nitrogens is 3. The van der Waals surface area contributed by atoms with E-state index in [2.05, 4.69) is 34.2 Å². The van der Waals surface area contributed by atoms with E-state index in [0.717, 1.165) is 5.39 Å². The molecule has 0 fully saturated rings. The maximum absolute atomic E-state index is 12.8. The second-order valence-corrected chi connectivity index (χ2v) is 5.28. The van der Waals surface area contributed by atoms with Crippen molar-refractivity contribution in [3.63, 3.8) is 0 Å². The van der Waals surface area contributed by atoms with E-state index in [1.54, 1.807) is 6.20 Å². The van der Waals surface area contributed by atoms with E-state index in [-0.39, 0.29) is 11.9 Å². The van der Waals surface area contributed by atoms with Crippen LogP contribution in [0.25, 0.3) is 11.0 Å². The molecule has 104 valence electrons. The van der Waals surface area contributed by atoms with Crippen LogP contribution in [0.1, 0.15) is 34.6 Å². The lowest BCUT2D eigenvalue weighted by Gasteiger charge is -2.21. The largest absolute Gasteiger partial charge is 0.326 e. The second kappa shape index (κ2) is 4.41. The summed E-state index contributed by atoms with van der Waals surface area (Å²) in [5.41, 5.74) is 3.51. The van der Waals surface area contributed by atoms with Gasteiger partial charge in [0.2, 0.25) is 0 Å². The molecule has 5 heteroatoms. The van der Waals surface area contributed by atoms with Gasteiger partial charge in [-0.3, -0.25) is 9.89 Å². The minimum absolute atomic E-state index is 0.0331. The number of amides is 1. The minimum Gasteiger partial charge on any atom is -0.326 e. The molecule has 21 heavy (non-hydrogen) atoms. The van der Waals surface area contributed by atoms with Gasteiger partial charge in [0, 0.05) is 12.7 Å². The van der Waals surface area contributed by atoms with Gasteiger partial charge in [0.05, 0.1) is 11.4 Å². The molecule has 1 aliphatic heterocycles. The van der Waals surface area contributed by atoms with E-state index in [1.165, 1.54) is 11.1 Å². The van der Waals surface area contributed by atoms with Crippen LogP contribution < -0.4 is 0 Å². The average Bonchev–Trinajstić information content (AvgIpc) is 3.09. The first kappa shape index (κ1) is 12.1. The van der Waals surface area contributed by atoms with E-state index in [0.29, 0.717) is 17.9 Å². The predicted molar refractivity (Wildman–Crippen MR) is 78.6 cm³/mol. The number of H-pyrrole nitrogens is 1. The van der Waals surface area contributed by atoms with Gasteiger partial charge in [-0.05, 0) is 30.2 Å². The summed E-state index contributed by atoms with van der Waals surface area (Å²) in [7, 11) is 0. The fourth-order valence-corrected chi connectivity index (χ4v) is 2.98. The summed E-state index contributed by atoms with van der Waals surface area (Å²) < 4.78 is 0. The molecule has 0 saturated carbocycles. The van der Waals surface area contributed by atoms with Gasteiger partial charge in [0.25, 0.3) is 5.91 Å². The first-order valence-electron chi connectivity index (χ1n) is 6.93. The molecule has 1 aliphatic rings. The minimum atomic E-state index is -0.0331. The third-order valence-electron chi connectivity index (χ3n) is 4.12. The van der Waals surface area contributed by atoms with Crippen LogP contribution in [0.5, 0.6) is 0 Å². The molecule has 0 aliphatic carbocycles. The highest BCUT2D eigenvalue weighted by atomic mass is 16.2. The molecule has 1 unspecified atom stereocenters. The van der Waals surface area contributed by atoms with Crippen LogP contribution in [0, 0.1) is 0 Å². The van der Waals surface area contributed by atoms with Crippen molar-refractivity contribution in [1.29, 1.82) is 0 Å². The first-order chi connectivity index (χ1) is 10.3. The Bertz CT molecular complexity index is 839. The maximum Gasteiger partial charge on any atom is 0.273 e. The Kier molecular flexibility index (Phi) is 2.54. The molecule has 0 radical (unpaired) electrons. The van der Waals surface area contributed by atoms with Crippen molar-refractivity contribution in [2.45, 2.75) is 19.5 Å². The summed E-state index contributed by atoms with van der Waals surface area (Å²) in [6, 6.07) is 11.9. The van der Waals surface area contributed by atoms with Gasteiger partial charge in [-0.25, -0.2) is 4.98 Å². The van der Waals surface area contributed by atoms with Gasteiger partial charge in [-0.2, -0.15) is 5.10 Å². The SMILES string of the molecule is CC1c2ccccc2CN1C(=O)c1[nH]nc2ncccc12. The van der Waals surface area contributed by atoms with Gasteiger partial charge in [-0.1, -0.05) is 24.3 Å². The number of benzene rings is 1. The Morgan fingerprint density at radius 3 is 3.00 bits per heavy atom. The lowest BCUT2D eigenvalue weighted by Crippen LogP contribution is -2.28. The Labute approximate surface area is 121 Å². The number of rotatable bonds is 1. The van der Waals surface area contributed by atoms with Gasteiger partial charge >= 0.3 is 0 Å². The normalized spacial score (nSPS) is 17.2. The zero-order valence-corrected chi connectivity index (χ0v) is 11.6. The van der Waals surface area contributed by atoms with Crippen molar-refractivity contribution in [3.8, 4) is 0 Å². The number of aromatic amines is 1. The molecule has 3 heterocycles. The molecular weight excluding hydrogens is 264 g/mol. The average molecular weight is 278 g/mol. The van der Waals surface area contributed by atoms with E-state index < -0.39 is 0 Å². The molecule has 1 atom stereocenters. The van der Waals surface area contributed by atoms with Gasteiger partial charge in [0.1, 0.15) is 5.69 Å². The molecule has 1 amide bonds. The zero-order chi connectivity index (χ0) is 14.4. The topological polar surface area (TPSA) is 61.9 Å². The van der Waals surface area contributed by atoms with Crippen molar-refractivity contribution in [1.82, 2.24) is 20.1 Å². The number of nitrogens with one attached hydrogen (secondary N) is 1. The molecular formula is C16H14N4O. The Morgan fingerprint density at radius 2 is 2.14 bits per heavy atom. The smallest absolute Gasteiger partial charge is 0.273 e. The Hall–Kier alpha value is -2.69. The fraction of sp³-hybridized carbons (Fsp3) is 0.188. The number of carbonyl (C=O) groups is 1. The summed E-state index contributed by atoms with van der Waals surface area (Å²) in [6.07, 6.45) is 1.67. The molecule has 2 aromatic heterocycles. The molecule has 1 N–H and O–H groups in total. The summed E-state index contributed by atoms with van der Waals surface area (Å²) in [4.78, 5) is 18.8. The fourth-order valence-electron chi connectivity index (χ4n) is 2.98. The highest BCUT2D eigenvalue weighted by Crippen LogP contribution is 2.34. The lowest BCUT2D eigenvalue weighted by molar-refractivity contribution is 0.0701. The van der Waals surface area contributed by atoms with Crippen LogP contribution in [0.3, 0.4) is 0 Å². The van der Waals surface area contributed by atoms with Gasteiger partial charge in [-0.15, -0.1) is 0 Å². The van der Waals surface area contributed by atoms with Crippen LogP contribution in [-0.2, 0) is 6.54 Å². The molecule has 0 bridgehead atoms. The van der Waals surface area contributed by atoms with Crippen LogP contribution in [0.2, 0.25) is 0 Å². The quantitative estimate of drug-likeness (QED) is 0.744. The number of nitrogens with zero attached hydrogens (tertiary/aromatic N) is 3. The Balaban J connectivity index is 1.74. The molecule has 5 nitrogen and oxygen atoms in total. The van der Waals surface area contributed by atoms with Crippen molar-refractivity contribution >= 4 is 16.9 Å². The van der Waals surface area contributed by atoms with Crippen molar-refractivity contribution < 1.29 is 4.79 Å². The number of hydrogen-bond acceptors (Lipinski definition) is 3. The summed E-state index contributed by atoms with van der Waals surface area (Å²) in [6.45, 7) is 2.69.